The number of allylic oxidation sites excluding steroid dienone is 1. The Hall–Kier alpha value is -0.960. The summed E-state index contributed by atoms with van der Waals surface area (Å²) in [4.78, 5) is 24.1. The molecule has 0 saturated heterocycles. The monoisotopic (exact) mass is 330 g/mol. The van der Waals surface area contributed by atoms with Crippen LogP contribution in [0.2, 0.25) is 0 Å². The summed E-state index contributed by atoms with van der Waals surface area (Å²) in [6.07, 6.45) is 9.37. The molecule has 3 nitrogen and oxygen atoms in total. The molecule has 0 amide bonds. The first-order chi connectivity index (χ1) is 11.2. The van der Waals surface area contributed by atoms with Crippen LogP contribution in [0.1, 0.15) is 72.1 Å². The van der Waals surface area contributed by atoms with Crippen LogP contribution < -0.4 is 0 Å². The summed E-state index contributed by atoms with van der Waals surface area (Å²) in [7, 11) is 0. The largest absolute Gasteiger partial charge is 0.382 e. The van der Waals surface area contributed by atoms with E-state index >= 15 is 0 Å². The number of fused-ring (bicyclic) bond motifs is 5. The van der Waals surface area contributed by atoms with Crippen molar-refractivity contribution in [3.8, 4) is 0 Å². The zero-order valence-electron chi connectivity index (χ0n) is 15.2. The van der Waals surface area contributed by atoms with Crippen LogP contribution in [0, 0.1) is 28.6 Å². The molecule has 0 radical (unpaired) electrons. The maximum atomic E-state index is 12.2. The van der Waals surface area contributed by atoms with Crippen molar-refractivity contribution in [2.24, 2.45) is 28.6 Å². The van der Waals surface area contributed by atoms with E-state index in [1.165, 1.54) is 5.57 Å². The molecule has 1 N–H and O–H groups in total. The third kappa shape index (κ3) is 1.88. The number of rotatable bonds is 1. The fourth-order valence-corrected chi connectivity index (χ4v) is 7.15. The molecule has 4 rings (SSSR count). The fraction of sp³-hybridized carbons (Fsp3) is 0.810. The molecule has 0 aliphatic heterocycles. The topological polar surface area (TPSA) is 54.4 Å². The SMILES string of the molecule is CC(=O)[C@]1(O)CC[C@@H]2[C@H]3CCC4=CC(=O)CC[C@]4(C)[C@@H]3CC[C@@]21C. The first-order valence-corrected chi connectivity index (χ1v) is 9.70. The van der Waals surface area contributed by atoms with E-state index in [1.54, 1.807) is 6.92 Å². The minimum Gasteiger partial charge on any atom is -0.382 e. The van der Waals surface area contributed by atoms with Gasteiger partial charge in [-0.3, -0.25) is 9.59 Å². The molecule has 0 aromatic heterocycles. The van der Waals surface area contributed by atoms with Crippen molar-refractivity contribution < 1.29 is 14.7 Å². The summed E-state index contributed by atoms with van der Waals surface area (Å²) in [5, 5.41) is 11.1. The summed E-state index contributed by atoms with van der Waals surface area (Å²) in [6.45, 7) is 6.10. The lowest BCUT2D eigenvalue weighted by molar-refractivity contribution is -0.160. The molecule has 0 unspecified atom stereocenters. The highest BCUT2D eigenvalue weighted by molar-refractivity contribution is 5.91. The molecule has 3 heteroatoms. The van der Waals surface area contributed by atoms with Crippen LogP contribution in [0.5, 0.6) is 0 Å². The summed E-state index contributed by atoms with van der Waals surface area (Å²) in [6, 6.07) is 0. The van der Waals surface area contributed by atoms with E-state index in [4.69, 9.17) is 0 Å². The molecular formula is C21H30O3. The molecule has 3 saturated carbocycles. The first kappa shape index (κ1) is 16.5. The zero-order valence-corrected chi connectivity index (χ0v) is 15.2. The van der Waals surface area contributed by atoms with Crippen molar-refractivity contribution in [1.82, 2.24) is 0 Å². The van der Waals surface area contributed by atoms with E-state index in [9.17, 15) is 14.7 Å². The van der Waals surface area contributed by atoms with Gasteiger partial charge in [-0.15, -0.1) is 0 Å². The minimum atomic E-state index is -1.12. The van der Waals surface area contributed by atoms with Gasteiger partial charge in [0.1, 0.15) is 5.60 Å². The van der Waals surface area contributed by atoms with E-state index < -0.39 is 5.60 Å². The van der Waals surface area contributed by atoms with Gasteiger partial charge in [0, 0.05) is 11.8 Å². The molecule has 0 spiro atoms. The zero-order chi connectivity index (χ0) is 17.3. The summed E-state index contributed by atoms with van der Waals surface area (Å²) in [5.74, 6) is 1.90. The van der Waals surface area contributed by atoms with Gasteiger partial charge in [0.05, 0.1) is 0 Å². The molecule has 4 aliphatic carbocycles. The van der Waals surface area contributed by atoms with Gasteiger partial charge in [-0.1, -0.05) is 19.4 Å². The standard InChI is InChI=1S/C21H30O3/c1-13(22)21(24)11-8-18-16-5-4-14-12-15(23)6-9-19(14,2)17(16)7-10-20(18,21)3/h12,16-18,24H,4-11H2,1-3H3/t16-,17+,18+,19-,20-,21+/m0/s1. The van der Waals surface area contributed by atoms with E-state index in [0.717, 1.165) is 38.5 Å². The molecule has 4 aliphatic rings. The van der Waals surface area contributed by atoms with Crippen LogP contribution in [0.4, 0.5) is 0 Å². The van der Waals surface area contributed by atoms with Crippen LogP contribution in [0.25, 0.3) is 0 Å². The second-order valence-electron chi connectivity index (χ2n) is 9.38. The Bertz CT molecular complexity index is 635. The predicted octanol–water partition coefficient (Wildman–Crippen LogP) is 3.84. The molecule has 0 aromatic carbocycles. The lowest BCUT2D eigenvalue weighted by Crippen LogP contribution is -2.57. The summed E-state index contributed by atoms with van der Waals surface area (Å²) < 4.78 is 0. The molecule has 6 atom stereocenters. The fourth-order valence-electron chi connectivity index (χ4n) is 7.15. The Balaban J connectivity index is 1.70. The van der Waals surface area contributed by atoms with Crippen molar-refractivity contribution in [2.45, 2.75) is 77.7 Å². The maximum absolute atomic E-state index is 12.2. The molecule has 0 bridgehead atoms. The van der Waals surface area contributed by atoms with E-state index in [0.29, 0.717) is 36.4 Å². The lowest BCUT2D eigenvalue weighted by atomic mass is 9.46. The van der Waals surface area contributed by atoms with Gasteiger partial charge in [-0.05, 0) is 81.1 Å². The van der Waals surface area contributed by atoms with Crippen molar-refractivity contribution in [3.05, 3.63) is 11.6 Å². The highest BCUT2D eigenvalue weighted by Crippen LogP contribution is 2.67. The molecule has 3 fully saturated rings. The quantitative estimate of drug-likeness (QED) is 0.795. The second kappa shape index (κ2) is 5.03. The number of aliphatic hydroxyl groups is 1. The van der Waals surface area contributed by atoms with Crippen molar-refractivity contribution in [2.75, 3.05) is 0 Å². The number of Topliss-reactive ketones (excluding diaryl/α,β-unsaturated/α-hetero) is 1. The van der Waals surface area contributed by atoms with Crippen LogP contribution in [0.15, 0.2) is 11.6 Å². The summed E-state index contributed by atoms with van der Waals surface area (Å²) in [5.41, 5.74) is 0.155. The molecular weight excluding hydrogens is 300 g/mol. The van der Waals surface area contributed by atoms with Gasteiger partial charge in [0.15, 0.2) is 11.6 Å². The van der Waals surface area contributed by atoms with Crippen LogP contribution in [0.3, 0.4) is 0 Å². The van der Waals surface area contributed by atoms with Crippen LogP contribution in [-0.2, 0) is 9.59 Å². The Kier molecular flexibility index (Phi) is 3.46. The normalized spacial score (nSPS) is 50.6. The second-order valence-corrected chi connectivity index (χ2v) is 9.38. The van der Waals surface area contributed by atoms with Crippen molar-refractivity contribution >= 4 is 11.6 Å². The predicted molar refractivity (Wildman–Crippen MR) is 92.3 cm³/mol. The molecule has 0 heterocycles. The Morgan fingerprint density at radius 1 is 1.08 bits per heavy atom. The highest BCUT2D eigenvalue weighted by atomic mass is 16.3. The van der Waals surface area contributed by atoms with E-state index in [1.807, 2.05) is 6.08 Å². The lowest BCUT2D eigenvalue weighted by Gasteiger charge is -2.58. The van der Waals surface area contributed by atoms with Gasteiger partial charge in [-0.2, -0.15) is 0 Å². The average molecular weight is 330 g/mol. The van der Waals surface area contributed by atoms with Crippen molar-refractivity contribution in [1.29, 1.82) is 0 Å². The Morgan fingerprint density at radius 2 is 1.79 bits per heavy atom. The molecule has 0 aromatic rings. The average Bonchev–Trinajstić information content (AvgIpc) is 2.81. The van der Waals surface area contributed by atoms with Crippen molar-refractivity contribution in [3.63, 3.8) is 0 Å². The molecule has 24 heavy (non-hydrogen) atoms. The van der Waals surface area contributed by atoms with Gasteiger partial charge >= 0.3 is 0 Å². The smallest absolute Gasteiger partial charge is 0.161 e. The van der Waals surface area contributed by atoms with Crippen LogP contribution in [-0.4, -0.2) is 22.3 Å². The Labute approximate surface area is 144 Å². The van der Waals surface area contributed by atoms with Gasteiger partial charge < -0.3 is 5.11 Å². The van der Waals surface area contributed by atoms with Gasteiger partial charge in [0.2, 0.25) is 0 Å². The number of carbonyl (C=O) groups is 2. The van der Waals surface area contributed by atoms with E-state index in [-0.39, 0.29) is 16.6 Å². The third-order valence-corrected chi connectivity index (χ3v) is 8.70. The summed E-state index contributed by atoms with van der Waals surface area (Å²) >= 11 is 0. The van der Waals surface area contributed by atoms with Crippen LogP contribution >= 0.6 is 0 Å². The Morgan fingerprint density at radius 3 is 2.50 bits per heavy atom. The van der Waals surface area contributed by atoms with Gasteiger partial charge in [0.25, 0.3) is 0 Å². The third-order valence-electron chi connectivity index (χ3n) is 8.70. The van der Waals surface area contributed by atoms with Gasteiger partial charge in [-0.25, -0.2) is 0 Å². The number of hydrogen-bond donors (Lipinski definition) is 1. The highest BCUT2D eigenvalue weighted by Gasteiger charge is 2.65. The first-order valence-electron chi connectivity index (χ1n) is 9.70. The minimum absolute atomic E-state index is 0.0446. The maximum Gasteiger partial charge on any atom is 0.161 e. The van der Waals surface area contributed by atoms with E-state index in [2.05, 4.69) is 13.8 Å². The number of carbonyl (C=O) groups excluding carboxylic acids is 2. The number of hydrogen-bond acceptors (Lipinski definition) is 3. The molecule has 132 valence electrons. The number of ketones is 2.